The maximum Gasteiger partial charge on any atom is 0.261 e. The average Bonchev–Trinajstić information content (AvgIpc) is 4.09. The first-order valence-electron chi connectivity index (χ1n) is 21.9. The Hall–Kier alpha value is -2.86. The standard InChI is InChI=1S/C48H64N2O4S4/c1-7-11-17-35(9-3)31-53-29-15-13-27-49-45(41-25-23-39(57-41)37-21-19-33(5)55-37)43-44(47(49)51)46(42-26-24-40(58-42)38-22-20-34(6)56-38)50(48(43)52)28-14-16-30-54-32-36(10-4)18-12-8-2/h19-26,35-36H,7-18,27-32H2,1-6H3. The molecule has 0 fully saturated rings. The molecule has 0 aromatic carbocycles. The molecule has 6 rings (SSSR count). The molecular weight excluding hydrogens is 797 g/mol. The van der Waals surface area contributed by atoms with Gasteiger partial charge in [-0.05, 0) is 113 Å². The van der Waals surface area contributed by atoms with E-state index in [-0.39, 0.29) is 11.8 Å². The van der Waals surface area contributed by atoms with Gasteiger partial charge in [0.25, 0.3) is 11.8 Å². The number of aryl methyl sites for hydroxylation is 2. The van der Waals surface area contributed by atoms with Crippen LogP contribution in [-0.2, 0) is 19.1 Å². The van der Waals surface area contributed by atoms with Crippen LogP contribution in [0.1, 0.15) is 124 Å². The fraction of sp³-hybridized carbons (Fsp3) is 0.542. The predicted molar refractivity (Wildman–Crippen MR) is 249 cm³/mol. The molecule has 58 heavy (non-hydrogen) atoms. The first-order chi connectivity index (χ1) is 28.3. The highest BCUT2D eigenvalue weighted by atomic mass is 32.1. The lowest BCUT2D eigenvalue weighted by molar-refractivity contribution is -0.124. The summed E-state index contributed by atoms with van der Waals surface area (Å²) in [6.45, 7) is 17.3. The van der Waals surface area contributed by atoms with Crippen molar-refractivity contribution in [3.05, 3.63) is 79.2 Å². The molecule has 0 saturated carbocycles. The van der Waals surface area contributed by atoms with Crippen molar-refractivity contribution in [3.8, 4) is 19.5 Å². The van der Waals surface area contributed by atoms with Gasteiger partial charge >= 0.3 is 0 Å². The minimum atomic E-state index is -0.0627. The zero-order chi connectivity index (χ0) is 41.0. The molecule has 6 heterocycles. The number of nitrogens with zero attached hydrogens (tertiary/aromatic N) is 2. The number of ether oxygens (including phenoxy) is 2. The molecule has 4 aromatic rings. The van der Waals surface area contributed by atoms with E-state index >= 15 is 0 Å². The van der Waals surface area contributed by atoms with Crippen molar-refractivity contribution in [3.63, 3.8) is 0 Å². The molecule has 2 atom stereocenters. The summed E-state index contributed by atoms with van der Waals surface area (Å²) < 4.78 is 12.3. The van der Waals surface area contributed by atoms with Crippen LogP contribution in [0.25, 0.3) is 30.9 Å². The lowest BCUT2D eigenvalue weighted by Gasteiger charge is -2.24. The summed E-state index contributed by atoms with van der Waals surface area (Å²) in [7, 11) is 0. The Labute approximate surface area is 364 Å². The third kappa shape index (κ3) is 10.9. The van der Waals surface area contributed by atoms with E-state index in [4.69, 9.17) is 9.47 Å². The molecule has 2 aliphatic heterocycles. The molecule has 10 heteroatoms. The highest BCUT2D eigenvalue weighted by Gasteiger charge is 2.49. The van der Waals surface area contributed by atoms with Crippen LogP contribution in [-0.4, -0.2) is 61.1 Å². The minimum Gasteiger partial charge on any atom is -0.381 e. The Morgan fingerprint density at radius 1 is 0.500 bits per heavy atom. The second-order valence-electron chi connectivity index (χ2n) is 15.9. The number of hydrogen-bond donors (Lipinski definition) is 0. The lowest BCUT2D eigenvalue weighted by Crippen LogP contribution is -2.31. The smallest absolute Gasteiger partial charge is 0.261 e. The number of fused-ring (bicyclic) bond motifs is 1. The third-order valence-corrected chi connectivity index (χ3v) is 16.0. The first kappa shape index (κ1) is 44.7. The van der Waals surface area contributed by atoms with Gasteiger partial charge in [-0.15, -0.1) is 45.3 Å². The van der Waals surface area contributed by atoms with Gasteiger partial charge in [0.05, 0.1) is 32.3 Å². The molecule has 314 valence electrons. The zero-order valence-corrected chi connectivity index (χ0v) is 38.9. The van der Waals surface area contributed by atoms with Gasteiger partial charge in [0.1, 0.15) is 0 Å². The molecular formula is C48H64N2O4S4. The Balaban J connectivity index is 1.28. The van der Waals surface area contributed by atoms with Gasteiger partial charge in [-0.2, -0.15) is 0 Å². The molecule has 2 unspecified atom stereocenters. The number of carbonyl (C=O) groups excluding carboxylic acids is 2. The van der Waals surface area contributed by atoms with E-state index < -0.39 is 0 Å². The van der Waals surface area contributed by atoms with Crippen molar-refractivity contribution in [2.75, 3.05) is 39.5 Å². The van der Waals surface area contributed by atoms with E-state index in [0.29, 0.717) is 49.3 Å². The predicted octanol–water partition coefficient (Wildman–Crippen LogP) is 13.7. The van der Waals surface area contributed by atoms with Crippen LogP contribution in [0.4, 0.5) is 0 Å². The molecule has 4 aromatic heterocycles. The second-order valence-corrected chi connectivity index (χ2v) is 20.6. The van der Waals surface area contributed by atoms with Gasteiger partial charge in [0, 0.05) is 68.8 Å². The summed E-state index contributed by atoms with van der Waals surface area (Å²) in [5, 5.41) is 0. The topological polar surface area (TPSA) is 59.1 Å². The van der Waals surface area contributed by atoms with Crippen LogP contribution in [0.3, 0.4) is 0 Å². The Morgan fingerprint density at radius 3 is 1.24 bits per heavy atom. The van der Waals surface area contributed by atoms with E-state index in [9.17, 15) is 9.59 Å². The van der Waals surface area contributed by atoms with Gasteiger partial charge in [0.2, 0.25) is 0 Å². The average molecular weight is 861 g/mol. The van der Waals surface area contributed by atoms with Gasteiger partial charge in [-0.1, -0.05) is 66.2 Å². The molecule has 0 N–H and O–H groups in total. The van der Waals surface area contributed by atoms with E-state index in [1.807, 2.05) is 9.80 Å². The Kier molecular flexibility index (Phi) is 17.0. The molecule has 2 aliphatic rings. The van der Waals surface area contributed by atoms with E-state index in [1.54, 1.807) is 45.3 Å². The quantitative estimate of drug-likeness (QED) is 0.0590. The van der Waals surface area contributed by atoms with Crippen molar-refractivity contribution in [1.29, 1.82) is 0 Å². The van der Waals surface area contributed by atoms with E-state index in [2.05, 4.69) is 90.1 Å². The van der Waals surface area contributed by atoms with Gasteiger partial charge < -0.3 is 19.3 Å². The van der Waals surface area contributed by atoms with Crippen LogP contribution in [0.5, 0.6) is 0 Å². The summed E-state index contributed by atoms with van der Waals surface area (Å²) in [5.74, 6) is 1.08. The molecule has 0 saturated heterocycles. The third-order valence-electron chi connectivity index (χ3n) is 11.5. The Morgan fingerprint density at radius 2 is 0.879 bits per heavy atom. The van der Waals surface area contributed by atoms with Crippen molar-refractivity contribution in [2.45, 2.75) is 119 Å². The zero-order valence-electron chi connectivity index (χ0n) is 35.7. The van der Waals surface area contributed by atoms with E-state index in [1.165, 1.54) is 58.0 Å². The van der Waals surface area contributed by atoms with Gasteiger partial charge in [-0.3, -0.25) is 9.59 Å². The summed E-state index contributed by atoms with van der Waals surface area (Å²) in [6, 6.07) is 17.2. The van der Waals surface area contributed by atoms with Crippen molar-refractivity contribution < 1.29 is 19.1 Å². The summed E-state index contributed by atoms with van der Waals surface area (Å²) in [5.41, 5.74) is 2.67. The number of unbranched alkanes of at least 4 members (excludes halogenated alkanes) is 4. The molecule has 0 aliphatic carbocycles. The van der Waals surface area contributed by atoms with Crippen LogP contribution < -0.4 is 0 Å². The van der Waals surface area contributed by atoms with Crippen molar-refractivity contribution in [1.82, 2.24) is 9.80 Å². The highest BCUT2D eigenvalue weighted by Crippen LogP contribution is 2.50. The number of carbonyl (C=O) groups is 2. The number of thiophene rings is 4. The fourth-order valence-electron chi connectivity index (χ4n) is 7.91. The molecule has 0 bridgehead atoms. The van der Waals surface area contributed by atoms with Crippen molar-refractivity contribution >= 4 is 68.6 Å². The highest BCUT2D eigenvalue weighted by molar-refractivity contribution is 7.23. The van der Waals surface area contributed by atoms with Gasteiger partial charge in [-0.25, -0.2) is 0 Å². The summed E-state index contributed by atoms with van der Waals surface area (Å²) >= 11 is 6.91. The summed E-state index contributed by atoms with van der Waals surface area (Å²) in [6.07, 6.45) is 13.0. The maximum absolute atomic E-state index is 14.9. The minimum absolute atomic E-state index is 0.0627. The summed E-state index contributed by atoms with van der Waals surface area (Å²) in [4.78, 5) is 42.9. The fourth-order valence-corrected chi connectivity index (χ4v) is 12.0. The normalized spacial score (nSPS) is 15.5. The Bertz CT molecular complexity index is 1870. The van der Waals surface area contributed by atoms with Crippen LogP contribution in [0, 0.1) is 25.7 Å². The first-order valence-corrected chi connectivity index (χ1v) is 25.2. The monoisotopic (exact) mass is 860 g/mol. The largest absolute Gasteiger partial charge is 0.381 e. The number of rotatable bonds is 26. The maximum atomic E-state index is 14.9. The van der Waals surface area contributed by atoms with Gasteiger partial charge in [0.15, 0.2) is 0 Å². The number of hydrogen-bond acceptors (Lipinski definition) is 8. The van der Waals surface area contributed by atoms with Crippen molar-refractivity contribution in [2.24, 2.45) is 11.8 Å². The molecule has 0 spiro atoms. The van der Waals surface area contributed by atoms with Crippen LogP contribution in [0.15, 0.2) is 59.7 Å². The van der Waals surface area contributed by atoms with Crippen LogP contribution >= 0.6 is 45.3 Å². The van der Waals surface area contributed by atoms with E-state index in [0.717, 1.165) is 82.6 Å². The lowest BCUT2D eigenvalue weighted by atomic mass is 10.0. The molecule has 0 radical (unpaired) electrons. The van der Waals surface area contributed by atoms with Crippen LogP contribution in [0.2, 0.25) is 0 Å². The molecule has 2 amide bonds. The SMILES string of the molecule is CCCCC(CC)COCCCCN1C(=O)C2=C(c3ccc(-c4ccc(C)s4)s3)N(CCCCOCC(CC)CCCC)C(=O)C2=C1c1ccc(-c2ccc(C)s2)s1. The molecule has 6 nitrogen and oxygen atoms in total. The number of amides is 2. The second kappa shape index (κ2) is 22.1.